The summed E-state index contributed by atoms with van der Waals surface area (Å²) in [5, 5.41) is 50.8. The standard InChI is InChI=1S/C12H21NO9/c1-5(15)13-8-6(16)3-12(20,11(19)21-2)22-10(8)9(18)7(17)4-14/h6-10,14,16-18,20H,3-4H2,1-2H3,(H,13,15)/t6-,7-,8?,9?,10?,12-/m1/s1. The maximum Gasteiger partial charge on any atom is 0.366 e. The van der Waals surface area contributed by atoms with E-state index in [4.69, 9.17) is 9.84 Å². The summed E-state index contributed by atoms with van der Waals surface area (Å²) >= 11 is 0. The summed E-state index contributed by atoms with van der Waals surface area (Å²) in [4.78, 5) is 22.8. The fourth-order valence-electron chi connectivity index (χ4n) is 2.29. The number of carbonyl (C=O) groups is 2. The first-order valence-electron chi connectivity index (χ1n) is 6.57. The van der Waals surface area contributed by atoms with Crippen molar-refractivity contribution in [2.24, 2.45) is 0 Å². The number of amides is 1. The van der Waals surface area contributed by atoms with Gasteiger partial charge in [-0.3, -0.25) is 4.79 Å². The summed E-state index contributed by atoms with van der Waals surface area (Å²) in [6.45, 7) is 0.320. The molecular weight excluding hydrogens is 302 g/mol. The minimum atomic E-state index is -2.55. The highest BCUT2D eigenvalue weighted by atomic mass is 16.7. The lowest BCUT2D eigenvalue weighted by Gasteiger charge is -2.45. The van der Waals surface area contributed by atoms with Gasteiger partial charge in [-0.15, -0.1) is 0 Å². The van der Waals surface area contributed by atoms with Gasteiger partial charge in [-0.2, -0.15) is 0 Å². The average Bonchev–Trinajstić information content (AvgIpc) is 2.46. The molecule has 3 unspecified atom stereocenters. The molecule has 0 bridgehead atoms. The maximum atomic E-state index is 11.6. The molecule has 1 rings (SSSR count). The van der Waals surface area contributed by atoms with Crippen LogP contribution in [-0.2, 0) is 19.1 Å². The zero-order valence-corrected chi connectivity index (χ0v) is 12.2. The molecule has 6 N–H and O–H groups in total. The van der Waals surface area contributed by atoms with E-state index in [0.717, 1.165) is 14.0 Å². The third-order valence-corrected chi connectivity index (χ3v) is 3.38. The highest BCUT2D eigenvalue weighted by molar-refractivity contribution is 5.78. The predicted molar refractivity (Wildman–Crippen MR) is 69.2 cm³/mol. The fraction of sp³-hybridized carbons (Fsp3) is 0.833. The van der Waals surface area contributed by atoms with Crippen molar-refractivity contribution in [1.82, 2.24) is 5.32 Å². The topological polar surface area (TPSA) is 166 Å². The van der Waals surface area contributed by atoms with Crippen molar-refractivity contribution < 1.29 is 44.6 Å². The number of hydrogen-bond acceptors (Lipinski definition) is 9. The van der Waals surface area contributed by atoms with Gasteiger partial charge in [0.1, 0.15) is 18.3 Å². The molecule has 6 atom stereocenters. The van der Waals surface area contributed by atoms with Crippen molar-refractivity contribution in [2.75, 3.05) is 13.7 Å². The highest BCUT2D eigenvalue weighted by Gasteiger charge is 2.54. The van der Waals surface area contributed by atoms with Gasteiger partial charge >= 0.3 is 5.97 Å². The van der Waals surface area contributed by atoms with Gasteiger partial charge in [0.05, 0.1) is 25.9 Å². The van der Waals surface area contributed by atoms with Crippen LogP contribution in [0.15, 0.2) is 0 Å². The van der Waals surface area contributed by atoms with Gasteiger partial charge < -0.3 is 40.3 Å². The fourth-order valence-corrected chi connectivity index (χ4v) is 2.29. The van der Waals surface area contributed by atoms with E-state index in [2.05, 4.69) is 10.1 Å². The highest BCUT2D eigenvalue weighted by Crippen LogP contribution is 2.31. The number of hydrogen-bond donors (Lipinski definition) is 6. The lowest BCUT2D eigenvalue weighted by atomic mass is 9.88. The van der Waals surface area contributed by atoms with Gasteiger partial charge in [0.25, 0.3) is 5.79 Å². The van der Waals surface area contributed by atoms with E-state index in [1.165, 1.54) is 0 Å². The zero-order valence-electron chi connectivity index (χ0n) is 12.2. The molecule has 1 aliphatic rings. The van der Waals surface area contributed by atoms with Gasteiger partial charge in [-0.05, 0) is 0 Å². The van der Waals surface area contributed by atoms with E-state index in [1.54, 1.807) is 0 Å². The SMILES string of the molecule is COC(=O)[C@@]1(O)C[C@@H](O)C(NC(C)=O)C(C(O)[C@H](O)CO)O1. The van der Waals surface area contributed by atoms with Crippen molar-refractivity contribution in [2.45, 2.75) is 49.6 Å². The molecule has 128 valence electrons. The molecule has 0 aromatic rings. The largest absolute Gasteiger partial charge is 0.465 e. The Morgan fingerprint density at radius 3 is 2.50 bits per heavy atom. The quantitative estimate of drug-likeness (QED) is 0.278. The van der Waals surface area contributed by atoms with Gasteiger partial charge in [0.15, 0.2) is 0 Å². The smallest absolute Gasteiger partial charge is 0.366 e. The molecule has 1 amide bonds. The van der Waals surface area contributed by atoms with Crippen LogP contribution in [-0.4, -0.2) is 87.4 Å². The van der Waals surface area contributed by atoms with Crippen LogP contribution in [0.2, 0.25) is 0 Å². The first-order chi connectivity index (χ1) is 10.2. The van der Waals surface area contributed by atoms with Gasteiger partial charge in [-0.1, -0.05) is 0 Å². The Morgan fingerprint density at radius 2 is 2.05 bits per heavy atom. The van der Waals surface area contributed by atoms with Crippen molar-refractivity contribution in [3.05, 3.63) is 0 Å². The van der Waals surface area contributed by atoms with Crippen molar-refractivity contribution in [1.29, 1.82) is 0 Å². The molecule has 10 heteroatoms. The summed E-state index contributed by atoms with van der Waals surface area (Å²) in [5.41, 5.74) is 0. The molecule has 1 heterocycles. The molecule has 0 radical (unpaired) electrons. The van der Waals surface area contributed by atoms with E-state index >= 15 is 0 Å². The van der Waals surface area contributed by atoms with E-state index in [-0.39, 0.29) is 0 Å². The number of aliphatic hydroxyl groups is 5. The summed E-state index contributed by atoms with van der Waals surface area (Å²) < 4.78 is 9.45. The Labute approximate surface area is 126 Å². The molecule has 0 aliphatic carbocycles. The summed E-state index contributed by atoms with van der Waals surface area (Å²) in [6, 6.07) is -1.21. The summed E-state index contributed by atoms with van der Waals surface area (Å²) in [5.74, 6) is -4.32. The molecule has 0 aromatic heterocycles. The number of methoxy groups -OCH3 is 1. The summed E-state index contributed by atoms with van der Waals surface area (Å²) in [7, 11) is 0.990. The van der Waals surface area contributed by atoms with Crippen LogP contribution >= 0.6 is 0 Å². The molecule has 0 spiro atoms. The average molecular weight is 323 g/mol. The Hall–Kier alpha value is -1.30. The van der Waals surface area contributed by atoms with E-state index < -0.39 is 61.1 Å². The van der Waals surface area contributed by atoms with Crippen LogP contribution in [0.25, 0.3) is 0 Å². The maximum absolute atomic E-state index is 11.6. The van der Waals surface area contributed by atoms with Crippen LogP contribution in [0, 0.1) is 0 Å². The molecule has 22 heavy (non-hydrogen) atoms. The van der Waals surface area contributed by atoms with Crippen molar-refractivity contribution in [3.8, 4) is 0 Å². The van der Waals surface area contributed by atoms with Crippen LogP contribution in [0.4, 0.5) is 0 Å². The third-order valence-electron chi connectivity index (χ3n) is 3.38. The second-order valence-corrected chi connectivity index (χ2v) is 5.10. The van der Waals surface area contributed by atoms with Crippen LogP contribution in [0.1, 0.15) is 13.3 Å². The molecule has 1 saturated heterocycles. The van der Waals surface area contributed by atoms with E-state index in [1.807, 2.05) is 0 Å². The number of rotatable bonds is 5. The molecule has 1 fully saturated rings. The van der Waals surface area contributed by atoms with Crippen LogP contribution in [0.5, 0.6) is 0 Å². The lowest BCUT2D eigenvalue weighted by molar-refractivity contribution is -0.296. The van der Waals surface area contributed by atoms with Gasteiger partial charge in [-0.25, -0.2) is 4.79 Å². The molecule has 0 saturated carbocycles. The Kier molecular flexibility index (Phi) is 6.23. The molecular formula is C12H21NO9. The monoisotopic (exact) mass is 323 g/mol. The molecule has 0 aromatic carbocycles. The lowest BCUT2D eigenvalue weighted by Crippen LogP contribution is -2.67. The number of ether oxygens (including phenoxy) is 2. The van der Waals surface area contributed by atoms with Crippen LogP contribution in [0.3, 0.4) is 0 Å². The first kappa shape index (κ1) is 18.7. The second kappa shape index (κ2) is 7.31. The van der Waals surface area contributed by atoms with Gasteiger partial charge in [0.2, 0.25) is 5.91 Å². The van der Waals surface area contributed by atoms with Gasteiger partial charge in [0, 0.05) is 13.3 Å². The second-order valence-electron chi connectivity index (χ2n) is 5.10. The number of esters is 1. The summed E-state index contributed by atoms with van der Waals surface area (Å²) in [6.07, 6.45) is -7.09. The Bertz CT molecular complexity index is 417. The zero-order chi connectivity index (χ0) is 17.1. The third kappa shape index (κ3) is 3.91. The van der Waals surface area contributed by atoms with E-state index in [0.29, 0.717) is 0 Å². The first-order valence-corrected chi connectivity index (χ1v) is 6.57. The van der Waals surface area contributed by atoms with Crippen molar-refractivity contribution in [3.63, 3.8) is 0 Å². The van der Waals surface area contributed by atoms with Crippen LogP contribution < -0.4 is 5.32 Å². The normalized spacial score (nSPS) is 34.6. The van der Waals surface area contributed by atoms with E-state index in [9.17, 15) is 30.0 Å². The molecule has 1 aliphatic heterocycles. The number of carbonyl (C=O) groups excluding carboxylic acids is 2. The minimum absolute atomic E-state index is 0.563. The minimum Gasteiger partial charge on any atom is -0.465 e. The van der Waals surface area contributed by atoms with Crippen molar-refractivity contribution >= 4 is 11.9 Å². The Balaban J connectivity index is 3.09. The molecule has 10 nitrogen and oxygen atoms in total. The predicted octanol–water partition coefficient (Wildman–Crippen LogP) is -3.78. The number of nitrogens with one attached hydrogen (secondary N) is 1. The Morgan fingerprint density at radius 1 is 1.45 bits per heavy atom. The number of aliphatic hydroxyl groups excluding tert-OH is 4.